The van der Waals surface area contributed by atoms with Gasteiger partial charge in [-0.15, -0.1) is 0 Å². The van der Waals surface area contributed by atoms with Crippen LogP contribution in [-0.2, 0) is 16.1 Å². The highest BCUT2D eigenvalue weighted by Crippen LogP contribution is 2.17. The predicted octanol–water partition coefficient (Wildman–Crippen LogP) is 1.51. The summed E-state index contributed by atoms with van der Waals surface area (Å²) < 4.78 is 6.75. The number of benzene rings is 1. The Kier molecular flexibility index (Phi) is 4.82. The van der Waals surface area contributed by atoms with Crippen LogP contribution in [0.15, 0.2) is 36.7 Å². The van der Waals surface area contributed by atoms with Crippen molar-refractivity contribution in [2.24, 2.45) is 0 Å². The minimum Gasteiger partial charge on any atom is -0.480 e. The third-order valence-corrected chi connectivity index (χ3v) is 4.21. The minimum absolute atomic E-state index is 0.00513. The topological polar surface area (TPSA) is 84.7 Å². The highest BCUT2D eigenvalue weighted by atomic mass is 35.5. The van der Waals surface area contributed by atoms with Gasteiger partial charge in [-0.05, 0) is 11.6 Å². The third kappa shape index (κ3) is 3.42. The van der Waals surface area contributed by atoms with Crippen molar-refractivity contribution < 1.29 is 19.4 Å². The van der Waals surface area contributed by atoms with Gasteiger partial charge in [0.05, 0.1) is 31.5 Å². The molecule has 2 aromatic rings. The van der Waals surface area contributed by atoms with E-state index < -0.39 is 12.0 Å². The fourth-order valence-electron chi connectivity index (χ4n) is 2.58. The molecule has 1 N–H and O–H groups in total. The third-order valence-electron chi connectivity index (χ3n) is 3.84. The van der Waals surface area contributed by atoms with Crippen LogP contribution in [-0.4, -0.2) is 57.5 Å². The molecule has 1 fully saturated rings. The summed E-state index contributed by atoms with van der Waals surface area (Å²) in [5.74, 6) is -1.44. The molecule has 1 aromatic carbocycles. The van der Waals surface area contributed by atoms with E-state index in [4.69, 9.17) is 16.3 Å². The quantitative estimate of drug-likeness (QED) is 0.904. The summed E-state index contributed by atoms with van der Waals surface area (Å²) in [7, 11) is 0. The van der Waals surface area contributed by atoms with Crippen molar-refractivity contribution in [1.29, 1.82) is 0 Å². The first kappa shape index (κ1) is 16.5. The van der Waals surface area contributed by atoms with Gasteiger partial charge in [-0.25, -0.2) is 4.79 Å². The zero-order valence-electron chi connectivity index (χ0n) is 12.8. The Balaban J connectivity index is 1.76. The lowest BCUT2D eigenvalue weighted by molar-refractivity contribution is -0.147. The fraction of sp³-hybridized carbons (Fsp3) is 0.312. The van der Waals surface area contributed by atoms with Crippen LogP contribution in [0.25, 0.3) is 0 Å². The molecule has 126 valence electrons. The maximum atomic E-state index is 12.6. The van der Waals surface area contributed by atoms with Gasteiger partial charge in [0.15, 0.2) is 6.04 Å². The molecule has 2 heterocycles. The van der Waals surface area contributed by atoms with Crippen LogP contribution in [0.1, 0.15) is 15.9 Å². The van der Waals surface area contributed by atoms with Crippen LogP contribution in [0.3, 0.4) is 0 Å². The van der Waals surface area contributed by atoms with Gasteiger partial charge in [0.1, 0.15) is 0 Å². The number of rotatable bonds is 4. The molecule has 1 aliphatic heterocycles. The van der Waals surface area contributed by atoms with E-state index in [1.54, 1.807) is 16.9 Å². The fourth-order valence-corrected chi connectivity index (χ4v) is 2.77. The Hall–Kier alpha value is -2.38. The van der Waals surface area contributed by atoms with E-state index in [0.717, 1.165) is 5.56 Å². The minimum atomic E-state index is -1.08. The summed E-state index contributed by atoms with van der Waals surface area (Å²) >= 11 is 6.12. The normalized spacial score (nSPS) is 17.7. The molecule has 1 aliphatic rings. The zero-order chi connectivity index (χ0) is 17.1. The van der Waals surface area contributed by atoms with Crippen LogP contribution in [0.5, 0.6) is 0 Å². The number of nitrogens with zero attached hydrogens (tertiary/aromatic N) is 3. The Bertz CT molecular complexity index is 761. The molecule has 0 bridgehead atoms. The Morgan fingerprint density at radius 3 is 2.92 bits per heavy atom. The summed E-state index contributed by atoms with van der Waals surface area (Å²) in [6.07, 6.45) is 3.04. The van der Waals surface area contributed by atoms with Gasteiger partial charge < -0.3 is 14.7 Å². The lowest BCUT2D eigenvalue weighted by atomic mass is 10.2. The van der Waals surface area contributed by atoms with Crippen LogP contribution < -0.4 is 0 Å². The molecular formula is C16H16ClN3O4. The second-order valence-corrected chi connectivity index (χ2v) is 5.85. The number of aliphatic carboxylic acids is 1. The van der Waals surface area contributed by atoms with Crippen molar-refractivity contribution in [3.05, 3.63) is 52.8 Å². The van der Waals surface area contributed by atoms with Crippen molar-refractivity contribution in [1.82, 2.24) is 14.7 Å². The number of aromatic nitrogens is 2. The molecule has 1 atom stereocenters. The number of morpholine rings is 1. The highest BCUT2D eigenvalue weighted by molar-refractivity contribution is 6.31. The van der Waals surface area contributed by atoms with Crippen LogP contribution in [0.4, 0.5) is 0 Å². The standard InChI is InChI=1S/C16H16ClN3O4/c17-13-4-2-1-3-11(13)8-19-9-12(7-18-19)15(21)20-5-6-24-10-14(20)16(22)23/h1-4,7,9,14H,5-6,8,10H2,(H,22,23)/t14-/m0/s1. The molecule has 0 radical (unpaired) electrons. The van der Waals surface area contributed by atoms with E-state index in [-0.39, 0.29) is 19.1 Å². The van der Waals surface area contributed by atoms with Crippen molar-refractivity contribution in [2.75, 3.05) is 19.8 Å². The van der Waals surface area contributed by atoms with E-state index in [1.807, 2.05) is 18.2 Å². The van der Waals surface area contributed by atoms with Crippen molar-refractivity contribution in [3.63, 3.8) is 0 Å². The molecule has 3 rings (SSSR count). The SMILES string of the molecule is O=C(O)[C@@H]1COCCN1C(=O)c1cnn(Cc2ccccc2Cl)c1. The number of carbonyl (C=O) groups is 2. The maximum Gasteiger partial charge on any atom is 0.328 e. The Morgan fingerprint density at radius 2 is 2.17 bits per heavy atom. The molecule has 1 aromatic heterocycles. The number of hydrogen-bond acceptors (Lipinski definition) is 4. The van der Waals surface area contributed by atoms with Gasteiger partial charge in [0, 0.05) is 17.8 Å². The highest BCUT2D eigenvalue weighted by Gasteiger charge is 2.33. The number of carbonyl (C=O) groups excluding carboxylic acids is 1. The monoisotopic (exact) mass is 349 g/mol. The average Bonchev–Trinajstić information content (AvgIpc) is 3.05. The molecule has 8 heteroatoms. The van der Waals surface area contributed by atoms with Crippen molar-refractivity contribution >= 4 is 23.5 Å². The summed E-state index contributed by atoms with van der Waals surface area (Å²) in [6, 6.07) is 6.42. The molecule has 0 saturated carbocycles. The Labute approximate surface area is 143 Å². The molecule has 0 unspecified atom stereocenters. The smallest absolute Gasteiger partial charge is 0.328 e. The van der Waals surface area contributed by atoms with Crippen molar-refractivity contribution in [2.45, 2.75) is 12.6 Å². The van der Waals surface area contributed by atoms with Crippen LogP contribution in [0, 0.1) is 0 Å². The number of amides is 1. The molecule has 24 heavy (non-hydrogen) atoms. The first-order chi connectivity index (χ1) is 11.6. The van der Waals surface area contributed by atoms with Gasteiger partial charge in [-0.3, -0.25) is 9.48 Å². The summed E-state index contributed by atoms with van der Waals surface area (Å²) in [5, 5.41) is 14.0. The van der Waals surface area contributed by atoms with Crippen molar-refractivity contribution in [3.8, 4) is 0 Å². The van der Waals surface area contributed by atoms with E-state index >= 15 is 0 Å². The zero-order valence-corrected chi connectivity index (χ0v) is 13.5. The number of carboxylic acid groups (broad SMARTS) is 1. The molecule has 1 saturated heterocycles. The van der Waals surface area contributed by atoms with E-state index in [0.29, 0.717) is 23.7 Å². The lowest BCUT2D eigenvalue weighted by Gasteiger charge is -2.32. The van der Waals surface area contributed by atoms with Gasteiger partial charge in [0.25, 0.3) is 5.91 Å². The lowest BCUT2D eigenvalue weighted by Crippen LogP contribution is -2.52. The molecular weight excluding hydrogens is 334 g/mol. The molecule has 0 spiro atoms. The second kappa shape index (κ2) is 7.02. The van der Waals surface area contributed by atoms with Crippen LogP contribution >= 0.6 is 11.6 Å². The van der Waals surface area contributed by atoms with Gasteiger partial charge >= 0.3 is 5.97 Å². The summed E-state index contributed by atoms with van der Waals surface area (Å²) in [5.41, 5.74) is 1.23. The first-order valence-electron chi connectivity index (χ1n) is 7.43. The second-order valence-electron chi connectivity index (χ2n) is 5.45. The van der Waals surface area contributed by atoms with E-state index in [1.165, 1.54) is 11.1 Å². The number of carboxylic acids is 1. The van der Waals surface area contributed by atoms with E-state index in [9.17, 15) is 14.7 Å². The Morgan fingerprint density at radius 1 is 1.38 bits per heavy atom. The number of ether oxygens (including phenoxy) is 1. The maximum absolute atomic E-state index is 12.6. The molecule has 7 nitrogen and oxygen atoms in total. The molecule has 0 aliphatic carbocycles. The first-order valence-corrected chi connectivity index (χ1v) is 7.81. The molecule has 1 amide bonds. The summed E-state index contributed by atoms with van der Waals surface area (Å²) in [4.78, 5) is 25.2. The predicted molar refractivity (Wildman–Crippen MR) is 86.1 cm³/mol. The van der Waals surface area contributed by atoms with Gasteiger partial charge in [0.2, 0.25) is 0 Å². The number of halogens is 1. The summed E-state index contributed by atoms with van der Waals surface area (Å²) in [6.45, 7) is 0.988. The average molecular weight is 350 g/mol. The van der Waals surface area contributed by atoms with Crippen LogP contribution in [0.2, 0.25) is 5.02 Å². The van der Waals surface area contributed by atoms with E-state index in [2.05, 4.69) is 5.10 Å². The number of hydrogen-bond donors (Lipinski definition) is 1. The largest absolute Gasteiger partial charge is 0.480 e. The van der Waals surface area contributed by atoms with Gasteiger partial charge in [-0.1, -0.05) is 29.8 Å². The van der Waals surface area contributed by atoms with Gasteiger partial charge in [-0.2, -0.15) is 5.10 Å².